The Hall–Kier alpha value is -2.63. The van der Waals surface area contributed by atoms with Gasteiger partial charge in [-0.1, -0.05) is 0 Å². The fourth-order valence-corrected chi connectivity index (χ4v) is 3.05. The van der Waals surface area contributed by atoms with Gasteiger partial charge in [-0.2, -0.15) is 0 Å². The average Bonchev–Trinajstić information content (AvgIpc) is 3.14. The average molecular weight is 464 g/mol. The predicted octanol–water partition coefficient (Wildman–Crippen LogP) is 0.749. The summed E-state index contributed by atoms with van der Waals surface area (Å²) in [4.78, 5) is 40.7. The Bertz CT molecular complexity index is 757. The molecule has 1 aromatic carbocycles. The monoisotopic (exact) mass is 463 g/mol. The molecule has 0 aromatic heterocycles. The van der Waals surface area contributed by atoms with E-state index in [1.807, 2.05) is 0 Å². The fraction of sp³-hybridized carbons (Fsp3) is 0.471. The molecule has 11 nitrogen and oxygen atoms in total. The van der Waals surface area contributed by atoms with Crippen LogP contribution in [-0.2, 0) is 9.59 Å². The van der Waals surface area contributed by atoms with Crippen LogP contribution in [0.3, 0.4) is 0 Å². The number of guanidine groups is 1. The van der Waals surface area contributed by atoms with Crippen molar-refractivity contribution in [2.75, 3.05) is 18.4 Å². The number of nitro benzene ring substituents is 1. The first-order valence-corrected chi connectivity index (χ1v) is 8.96. The number of non-ortho nitro benzene ring substituents is 1. The summed E-state index contributed by atoms with van der Waals surface area (Å²) in [5.41, 5.74) is 16.8. The quantitative estimate of drug-likeness (QED) is 0.144. The maximum atomic E-state index is 12.6. The number of nitro groups is 1. The van der Waals surface area contributed by atoms with Gasteiger partial charge in [0, 0.05) is 30.9 Å². The molecule has 0 aliphatic carbocycles. The molecule has 1 aromatic rings. The molecule has 0 saturated carbocycles. The molecule has 1 saturated heterocycles. The number of nitrogens with two attached hydrogens (primary N) is 3. The van der Waals surface area contributed by atoms with E-state index in [0.717, 1.165) is 0 Å². The zero-order chi connectivity index (χ0) is 20.7. The lowest BCUT2D eigenvalue weighted by atomic mass is 10.1. The number of hydrogen-bond acceptors (Lipinski definition) is 6. The van der Waals surface area contributed by atoms with Gasteiger partial charge in [0.05, 0.1) is 11.0 Å². The van der Waals surface area contributed by atoms with Crippen molar-refractivity contribution >= 4 is 54.0 Å². The molecule has 1 heterocycles. The van der Waals surface area contributed by atoms with Crippen LogP contribution in [0.1, 0.15) is 25.7 Å². The minimum absolute atomic E-state index is 0. The second-order valence-electron chi connectivity index (χ2n) is 6.54. The molecule has 7 N–H and O–H groups in total. The van der Waals surface area contributed by atoms with E-state index in [-0.39, 0.29) is 48.3 Å². The number of aliphatic imine (C=N–C) groups is 1. The molecular formula is C17H27Cl2N7O4. The van der Waals surface area contributed by atoms with Crippen molar-refractivity contribution in [1.82, 2.24) is 4.90 Å². The van der Waals surface area contributed by atoms with E-state index in [4.69, 9.17) is 17.2 Å². The Balaban J connectivity index is 0.00000420. The number of carbonyl (C=O) groups excluding carboxylic acids is 2. The largest absolute Gasteiger partial charge is 0.370 e. The first-order valence-electron chi connectivity index (χ1n) is 8.96. The van der Waals surface area contributed by atoms with Gasteiger partial charge in [0.25, 0.3) is 5.69 Å². The lowest BCUT2D eigenvalue weighted by molar-refractivity contribution is -0.384. The molecule has 1 aliphatic rings. The Labute approximate surface area is 186 Å². The number of benzene rings is 1. The summed E-state index contributed by atoms with van der Waals surface area (Å²) in [6.07, 6.45) is 2.19. The molecular weight excluding hydrogens is 437 g/mol. The van der Waals surface area contributed by atoms with Gasteiger partial charge < -0.3 is 27.4 Å². The van der Waals surface area contributed by atoms with Gasteiger partial charge in [-0.15, -0.1) is 24.8 Å². The van der Waals surface area contributed by atoms with Gasteiger partial charge >= 0.3 is 0 Å². The number of carbonyl (C=O) groups is 2. The summed E-state index contributed by atoms with van der Waals surface area (Å²) in [7, 11) is 0. The number of hydrogen-bond donors (Lipinski definition) is 4. The summed E-state index contributed by atoms with van der Waals surface area (Å²) in [5.74, 6) is -0.638. The van der Waals surface area contributed by atoms with Crippen LogP contribution in [0.25, 0.3) is 0 Å². The van der Waals surface area contributed by atoms with Gasteiger partial charge in [-0.3, -0.25) is 24.7 Å². The normalized spacial score (nSPS) is 15.9. The van der Waals surface area contributed by atoms with Crippen LogP contribution in [0, 0.1) is 10.1 Å². The molecule has 0 radical (unpaired) electrons. The second kappa shape index (κ2) is 12.8. The third kappa shape index (κ3) is 7.65. The molecule has 30 heavy (non-hydrogen) atoms. The van der Waals surface area contributed by atoms with Crippen LogP contribution in [-0.4, -0.2) is 52.8 Å². The molecule has 1 fully saturated rings. The van der Waals surface area contributed by atoms with Crippen LogP contribution in [0.5, 0.6) is 0 Å². The molecule has 1 aliphatic heterocycles. The summed E-state index contributed by atoms with van der Waals surface area (Å²) in [6.45, 7) is 0.839. The maximum absolute atomic E-state index is 12.6. The van der Waals surface area contributed by atoms with Crippen LogP contribution < -0.4 is 22.5 Å². The van der Waals surface area contributed by atoms with Gasteiger partial charge in [-0.25, -0.2) is 0 Å². The van der Waals surface area contributed by atoms with Crippen LogP contribution in [0.2, 0.25) is 0 Å². The molecule has 2 atom stereocenters. The van der Waals surface area contributed by atoms with Crippen molar-refractivity contribution in [1.29, 1.82) is 0 Å². The number of halogens is 2. The summed E-state index contributed by atoms with van der Waals surface area (Å²) in [5, 5.41) is 13.4. The SMILES string of the molecule is Cl.Cl.NC(N)=NCCC[C@H](N)C(=O)N1CCC[C@@H]1C(=O)Nc1ccc([N+](=O)[O-])cc1. The molecule has 0 bridgehead atoms. The molecule has 2 rings (SSSR count). The first kappa shape index (κ1) is 27.4. The lowest BCUT2D eigenvalue weighted by Gasteiger charge is -2.26. The zero-order valence-corrected chi connectivity index (χ0v) is 17.9. The topological polar surface area (TPSA) is 183 Å². The smallest absolute Gasteiger partial charge is 0.269 e. The van der Waals surface area contributed by atoms with E-state index in [2.05, 4.69) is 10.3 Å². The third-order valence-electron chi connectivity index (χ3n) is 4.47. The summed E-state index contributed by atoms with van der Waals surface area (Å²) < 4.78 is 0. The molecule has 168 valence electrons. The minimum Gasteiger partial charge on any atom is -0.370 e. The number of anilines is 1. The van der Waals surface area contributed by atoms with Crippen molar-refractivity contribution in [3.63, 3.8) is 0 Å². The van der Waals surface area contributed by atoms with Crippen molar-refractivity contribution in [3.05, 3.63) is 34.4 Å². The number of nitrogens with zero attached hydrogens (tertiary/aromatic N) is 3. The molecule has 0 spiro atoms. The van der Waals surface area contributed by atoms with E-state index >= 15 is 0 Å². The zero-order valence-electron chi connectivity index (χ0n) is 16.2. The fourth-order valence-electron chi connectivity index (χ4n) is 3.05. The highest BCUT2D eigenvalue weighted by molar-refractivity contribution is 5.98. The highest BCUT2D eigenvalue weighted by Crippen LogP contribution is 2.22. The number of nitrogens with one attached hydrogen (secondary N) is 1. The first-order chi connectivity index (χ1) is 13.3. The molecule has 2 amide bonds. The van der Waals surface area contributed by atoms with Gasteiger partial charge in [-0.05, 0) is 37.8 Å². The highest BCUT2D eigenvalue weighted by atomic mass is 35.5. The predicted molar refractivity (Wildman–Crippen MR) is 119 cm³/mol. The van der Waals surface area contributed by atoms with Crippen LogP contribution >= 0.6 is 24.8 Å². The Kier molecular flexibility index (Phi) is 11.7. The van der Waals surface area contributed by atoms with E-state index in [1.54, 1.807) is 0 Å². The van der Waals surface area contributed by atoms with E-state index in [1.165, 1.54) is 29.2 Å². The Morgan fingerprint density at radius 3 is 2.47 bits per heavy atom. The van der Waals surface area contributed by atoms with Gasteiger partial charge in [0.2, 0.25) is 11.8 Å². The van der Waals surface area contributed by atoms with Crippen molar-refractivity contribution in [2.45, 2.75) is 37.8 Å². The third-order valence-corrected chi connectivity index (χ3v) is 4.47. The van der Waals surface area contributed by atoms with Gasteiger partial charge in [0.1, 0.15) is 6.04 Å². The Morgan fingerprint density at radius 2 is 1.90 bits per heavy atom. The van der Waals surface area contributed by atoms with Crippen LogP contribution in [0.15, 0.2) is 29.3 Å². The minimum atomic E-state index is -0.734. The van der Waals surface area contributed by atoms with E-state index in [9.17, 15) is 19.7 Å². The number of rotatable bonds is 8. The second-order valence-corrected chi connectivity index (χ2v) is 6.54. The Morgan fingerprint density at radius 1 is 1.27 bits per heavy atom. The van der Waals surface area contributed by atoms with Crippen LogP contribution in [0.4, 0.5) is 11.4 Å². The molecule has 13 heteroatoms. The summed E-state index contributed by atoms with van der Waals surface area (Å²) in [6, 6.07) is 4.16. The highest BCUT2D eigenvalue weighted by Gasteiger charge is 2.36. The maximum Gasteiger partial charge on any atom is 0.269 e. The van der Waals surface area contributed by atoms with Crippen molar-refractivity contribution in [2.24, 2.45) is 22.2 Å². The lowest BCUT2D eigenvalue weighted by Crippen LogP contribution is -2.49. The van der Waals surface area contributed by atoms with Crippen molar-refractivity contribution in [3.8, 4) is 0 Å². The molecule has 0 unspecified atom stereocenters. The van der Waals surface area contributed by atoms with E-state index in [0.29, 0.717) is 44.5 Å². The summed E-state index contributed by atoms with van der Waals surface area (Å²) >= 11 is 0. The standard InChI is InChI=1S/C17H25N7O4.2ClH/c18-13(3-1-9-21-17(19)20)16(26)23-10-2-4-14(23)15(25)22-11-5-7-12(8-6-11)24(27)28;;/h5-8,13-14H,1-4,9-10,18H2,(H,22,25)(H4,19,20,21);2*1H/t13-,14+;;/m0../s1. The number of amides is 2. The number of likely N-dealkylation sites (tertiary alicyclic amines) is 1. The van der Waals surface area contributed by atoms with Crippen molar-refractivity contribution < 1.29 is 14.5 Å². The van der Waals surface area contributed by atoms with E-state index < -0.39 is 17.0 Å². The van der Waals surface area contributed by atoms with Gasteiger partial charge in [0.15, 0.2) is 5.96 Å².